The summed E-state index contributed by atoms with van der Waals surface area (Å²) in [6.07, 6.45) is 10.4. The van der Waals surface area contributed by atoms with Gasteiger partial charge >= 0.3 is 11.9 Å². The molecular weight excluding hydrogens is 697 g/mol. The fraction of sp³-hybridized carbons (Fsp3) is 0.829. The predicted octanol–water partition coefficient (Wildman–Crippen LogP) is 7.20. The van der Waals surface area contributed by atoms with E-state index in [-0.39, 0.29) is 71.5 Å². The van der Waals surface area contributed by atoms with E-state index in [1.54, 1.807) is 0 Å². The van der Waals surface area contributed by atoms with Gasteiger partial charge in [0.1, 0.15) is 6.10 Å². The minimum Gasteiger partial charge on any atom is -0.466 e. The Hall–Kier alpha value is -1.93. The van der Waals surface area contributed by atoms with Gasteiger partial charge in [-0.1, -0.05) is 72.8 Å². The second kappa shape index (κ2) is 17.9. The number of Topliss-reactive ketones (excluding diaryl/α,β-unsaturated/α-hetero) is 1. The third kappa shape index (κ3) is 11.1. The molecule has 0 saturated carbocycles. The van der Waals surface area contributed by atoms with Crippen molar-refractivity contribution in [1.82, 2.24) is 0 Å². The lowest BCUT2D eigenvalue weighted by atomic mass is 9.83. The zero-order chi connectivity index (χ0) is 39.4. The fourth-order valence-corrected chi connectivity index (χ4v) is 9.52. The molecule has 1 N–H and O–H groups in total. The molecule has 3 saturated heterocycles. The van der Waals surface area contributed by atoms with Crippen LogP contribution in [0.25, 0.3) is 0 Å². The van der Waals surface area contributed by atoms with Crippen molar-refractivity contribution < 1.29 is 52.3 Å². The van der Waals surface area contributed by atoms with Crippen LogP contribution in [-0.4, -0.2) is 92.6 Å². The Morgan fingerprint density at radius 3 is 2.36 bits per heavy atom. The number of carbonyl (C=O) groups excluding carboxylic acids is 3. The van der Waals surface area contributed by atoms with Crippen molar-refractivity contribution in [2.45, 2.75) is 180 Å². The highest BCUT2D eigenvalue weighted by Crippen LogP contribution is 2.53. The van der Waals surface area contributed by atoms with Crippen LogP contribution in [0.15, 0.2) is 24.3 Å². The van der Waals surface area contributed by atoms with Crippen LogP contribution in [0.3, 0.4) is 0 Å². The van der Waals surface area contributed by atoms with Crippen molar-refractivity contribution in [3.05, 3.63) is 24.3 Å². The molecular formula is C41H68O11Si. The summed E-state index contributed by atoms with van der Waals surface area (Å²) >= 11 is 0. The third-order valence-corrected chi connectivity index (χ3v) is 16.6. The number of esters is 2. The van der Waals surface area contributed by atoms with Gasteiger partial charge in [0.2, 0.25) is 0 Å². The second-order valence-electron chi connectivity index (χ2n) is 17.8. The number of carbonyl (C=O) groups is 3. The molecule has 0 aromatic carbocycles. The molecule has 3 fully saturated rings. The number of fused-ring (bicyclic) bond motifs is 1. The van der Waals surface area contributed by atoms with E-state index in [4.69, 9.17) is 32.8 Å². The van der Waals surface area contributed by atoms with Gasteiger partial charge in [-0.2, -0.15) is 0 Å². The normalized spacial score (nSPS) is 33.1. The highest BCUT2D eigenvalue weighted by Gasteiger charge is 2.60. The molecule has 12 heteroatoms. The van der Waals surface area contributed by atoms with E-state index in [9.17, 15) is 19.5 Å². The Kier molecular flexibility index (Phi) is 14.8. The molecule has 302 valence electrons. The third-order valence-electron chi connectivity index (χ3n) is 12.1. The number of hydrogen-bond acceptors (Lipinski definition) is 11. The molecule has 4 rings (SSSR count). The number of ketones is 1. The lowest BCUT2D eigenvalue weighted by molar-refractivity contribution is -0.365. The fourth-order valence-electron chi connectivity index (χ4n) is 8.03. The monoisotopic (exact) mass is 764 g/mol. The van der Waals surface area contributed by atoms with Gasteiger partial charge in [0.15, 0.2) is 25.7 Å². The molecule has 1 unspecified atom stereocenters. The molecule has 53 heavy (non-hydrogen) atoms. The topological polar surface area (TPSA) is 136 Å². The van der Waals surface area contributed by atoms with Gasteiger partial charge in [-0.25, -0.2) is 0 Å². The quantitative estimate of drug-likeness (QED) is 0.0740. The maximum absolute atomic E-state index is 13.8. The van der Waals surface area contributed by atoms with Crippen LogP contribution in [0.2, 0.25) is 18.1 Å². The van der Waals surface area contributed by atoms with Crippen molar-refractivity contribution in [3.8, 4) is 0 Å². The number of allylic oxidation sites excluding steroid dienone is 1. The maximum atomic E-state index is 13.8. The summed E-state index contributed by atoms with van der Waals surface area (Å²) in [7, 11) is -2.18. The van der Waals surface area contributed by atoms with E-state index < -0.39 is 38.0 Å². The van der Waals surface area contributed by atoms with E-state index in [0.29, 0.717) is 45.1 Å². The molecule has 0 bridgehead atoms. The molecule has 4 aliphatic rings. The Balaban J connectivity index is 1.34. The molecule has 0 aromatic rings. The van der Waals surface area contributed by atoms with Gasteiger partial charge in [0, 0.05) is 57.3 Å². The summed E-state index contributed by atoms with van der Waals surface area (Å²) in [5.41, 5.74) is 0. The summed E-state index contributed by atoms with van der Waals surface area (Å²) in [6.45, 7) is 22.5. The van der Waals surface area contributed by atoms with Crippen molar-refractivity contribution in [1.29, 1.82) is 0 Å². The van der Waals surface area contributed by atoms with Crippen molar-refractivity contribution in [3.63, 3.8) is 0 Å². The Labute approximate surface area is 319 Å². The number of hydrogen-bond donors (Lipinski definition) is 1. The van der Waals surface area contributed by atoms with E-state index in [0.717, 1.165) is 12.8 Å². The highest BCUT2D eigenvalue weighted by molar-refractivity contribution is 6.74. The summed E-state index contributed by atoms with van der Waals surface area (Å²) in [6, 6.07) is 0. The first-order valence-corrected chi connectivity index (χ1v) is 22.8. The Morgan fingerprint density at radius 1 is 1.00 bits per heavy atom. The lowest BCUT2D eigenvalue weighted by Crippen LogP contribution is -2.53. The average Bonchev–Trinajstić information content (AvgIpc) is 3.63. The van der Waals surface area contributed by atoms with E-state index >= 15 is 0 Å². The van der Waals surface area contributed by atoms with Gasteiger partial charge in [-0.05, 0) is 49.7 Å². The number of aliphatic hydroxyl groups is 1. The standard InChI is InChI=1S/C41H68O11Si/c1-26(22-27(2)38(28(3)25-47-31(6)43)51-53(10,11)39(7,8)9)36(44)37(45)35-24-34-33(48-35)23-29(4)41(50-34)20-19-40(52-41)18-15-17-32(49-40)16-13-12-14-21-46-30(5)42/h13,15-17,26-29,32-35,37-38,45H,12,14,18-25H2,1-11H3/b16-13+/t26-,27+,28?,29-,32-,33-,34-,35+,37-,38+,40+,41-/m1/s1. The van der Waals surface area contributed by atoms with Crippen LogP contribution in [0.5, 0.6) is 0 Å². The van der Waals surface area contributed by atoms with Crippen molar-refractivity contribution in [2.24, 2.45) is 23.7 Å². The molecule has 0 radical (unpaired) electrons. The zero-order valence-electron chi connectivity index (χ0n) is 34.2. The molecule has 2 spiro atoms. The Bertz CT molecular complexity index is 1320. The minimum atomic E-state index is -2.18. The molecule has 4 aliphatic heterocycles. The largest absolute Gasteiger partial charge is 0.466 e. The number of ether oxygens (including phenoxy) is 6. The molecule has 0 aromatic heterocycles. The summed E-state index contributed by atoms with van der Waals surface area (Å²) in [5, 5.41) is 11.4. The van der Waals surface area contributed by atoms with Crippen LogP contribution < -0.4 is 0 Å². The first kappa shape index (κ1) is 43.8. The molecule has 12 atom stereocenters. The lowest BCUT2D eigenvalue weighted by Gasteiger charge is -2.45. The van der Waals surface area contributed by atoms with E-state index in [2.05, 4.69) is 53.8 Å². The molecule has 0 amide bonds. The van der Waals surface area contributed by atoms with Gasteiger partial charge in [-0.15, -0.1) is 0 Å². The highest BCUT2D eigenvalue weighted by atomic mass is 28.4. The number of unbranched alkanes of at least 4 members (excludes halogenated alkanes) is 1. The molecule has 4 heterocycles. The van der Waals surface area contributed by atoms with Crippen LogP contribution in [0.4, 0.5) is 0 Å². The average molecular weight is 765 g/mol. The van der Waals surface area contributed by atoms with Crippen molar-refractivity contribution >= 4 is 26.0 Å². The van der Waals surface area contributed by atoms with Gasteiger partial charge < -0.3 is 38.0 Å². The van der Waals surface area contributed by atoms with Crippen LogP contribution in [0, 0.1) is 23.7 Å². The summed E-state index contributed by atoms with van der Waals surface area (Å²) in [5.74, 6) is -2.97. The SMILES string of the molecule is CC(=O)OCCC/C=C/[C@@H]1C=CC[C@]2(CC[C@@]3(O[C@@H]4C[C@@H]([C@@H](O)C(=O)[C@H](C)C[C@H](C)[C@H](O[Si](C)(C)C(C)(C)C)C(C)COC(C)=O)O[C@@H]4C[C@H]3C)O2)O1. The second-order valence-corrected chi connectivity index (χ2v) is 22.5. The van der Waals surface area contributed by atoms with Crippen LogP contribution in [-0.2, 0) is 47.2 Å². The summed E-state index contributed by atoms with van der Waals surface area (Å²) in [4.78, 5) is 36.4. The minimum absolute atomic E-state index is 0.0161. The van der Waals surface area contributed by atoms with Gasteiger partial charge in [-0.3, -0.25) is 14.4 Å². The van der Waals surface area contributed by atoms with E-state index in [1.165, 1.54) is 13.8 Å². The Morgan fingerprint density at radius 2 is 1.70 bits per heavy atom. The first-order valence-electron chi connectivity index (χ1n) is 19.9. The smallest absolute Gasteiger partial charge is 0.302 e. The zero-order valence-corrected chi connectivity index (χ0v) is 35.2. The van der Waals surface area contributed by atoms with Crippen molar-refractivity contribution in [2.75, 3.05) is 13.2 Å². The predicted molar refractivity (Wildman–Crippen MR) is 203 cm³/mol. The number of aliphatic hydroxyl groups excluding tert-OH is 1. The summed E-state index contributed by atoms with van der Waals surface area (Å²) < 4.78 is 43.7. The van der Waals surface area contributed by atoms with Crippen LogP contribution >= 0.6 is 0 Å². The van der Waals surface area contributed by atoms with E-state index in [1.807, 2.05) is 32.1 Å². The first-order chi connectivity index (χ1) is 24.7. The van der Waals surface area contributed by atoms with Gasteiger partial charge in [0.05, 0.1) is 43.7 Å². The number of rotatable bonds is 16. The van der Waals surface area contributed by atoms with Gasteiger partial charge in [0.25, 0.3) is 0 Å². The molecule has 11 nitrogen and oxygen atoms in total. The maximum Gasteiger partial charge on any atom is 0.302 e. The molecule has 0 aliphatic carbocycles. The van der Waals surface area contributed by atoms with Crippen LogP contribution in [0.1, 0.15) is 114 Å².